The van der Waals surface area contributed by atoms with E-state index in [1.54, 1.807) is 0 Å². The van der Waals surface area contributed by atoms with Crippen LogP contribution >= 0.6 is 15.9 Å². The van der Waals surface area contributed by atoms with Crippen LogP contribution in [0.1, 0.15) is 29.6 Å². The Morgan fingerprint density at radius 1 is 1.43 bits per heavy atom. The van der Waals surface area contributed by atoms with Gasteiger partial charge in [-0.2, -0.15) is 0 Å². The van der Waals surface area contributed by atoms with E-state index in [0.717, 1.165) is 19.3 Å². The second-order valence-electron chi connectivity index (χ2n) is 4.77. The number of hydrogen-bond acceptors (Lipinski definition) is 5. The summed E-state index contributed by atoms with van der Waals surface area (Å²) >= 11 is 3.20. The summed E-state index contributed by atoms with van der Waals surface area (Å²) in [6.07, 6.45) is 2.83. The van der Waals surface area contributed by atoms with Crippen LogP contribution in [0.5, 0.6) is 0 Å². The van der Waals surface area contributed by atoms with Crippen LogP contribution < -0.4 is 5.14 Å². The van der Waals surface area contributed by atoms with Gasteiger partial charge in [0, 0.05) is 11.1 Å². The summed E-state index contributed by atoms with van der Waals surface area (Å²) in [5.41, 5.74) is 0.123. The van der Waals surface area contributed by atoms with E-state index in [1.807, 2.05) is 0 Å². The number of nitrogens with two attached hydrogens (primary N) is 1. The molecule has 6 nitrogen and oxygen atoms in total. The van der Waals surface area contributed by atoms with E-state index in [4.69, 9.17) is 14.6 Å². The van der Waals surface area contributed by atoms with Crippen molar-refractivity contribution in [2.75, 3.05) is 13.2 Å². The molecule has 0 bridgehead atoms. The van der Waals surface area contributed by atoms with Crippen LogP contribution in [0.15, 0.2) is 27.6 Å². The van der Waals surface area contributed by atoms with Gasteiger partial charge in [0.1, 0.15) is 6.61 Å². The van der Waals surface area contributed by atoms with Crippen LogP contribution in [0.3, 0.4) is 0 Å². The zero-order valence-electron chi connectivity index (χ0n) is 11.2. The van der Waals surface area contributed by atoms with Crippen molar-refractivity contribution in [1.29, 1.82) is 0 Å². The highest BCUT2D eigenvalue weighted by Crippen LogP contribution is 2.22. The molecular weight excluding hydrogens is 362 g/mol. The number of carbonyl (C=O) groups is 1. The number of benzene rings is 1. The van der Waals surface area contributed by atoms with Crippen molar-refractivity contribution in [3.8, 4) is 0 Å². The minimum absolute atomic E-state index is 0.0945. The second kappa shape index (κ2) is 6.87. The van der Waals surface area contributed by atoms with E-state index in [-0.39, 0.29) is 23.2 Å². The van der Waals surface area contributed by atoms with E-state index < -0.39 is 16.0 Å². The van der Waals surface area contributed by atoms with Crippen LogP contribution in [0.2, 0.25) is 0 Å². The van der Waals surface area contributed by atoms with Crippen LogP contribution in [-0.4, -0.2) is 33.7 Å². The standard InChI is InChI=1S/C13H16BrNO5S/c14-12-5-4-10(21(15,17)18)7-11(12)13(16)20-8-9-3-1-2-6-19-9/h4-5,7,9H,1-3,6,8H2,(H2,15,17,18). The number of esters is 1. The number of primary sulfonamides is 1. The molecule has 1 heterocycles. The largest absolute Gasteiger partial charge is 0.459 e. The van der Waals surface area contributed by atoms with Crippen molar-refractivity contribution in [1.82, 2.24) is 0 Å². The molecule has 1 aliphatic rings. The third-order valence-corrected chi connectivity index (χ3v) is 4.76. The maximum atomic E-state index is 12.0. The van der Waals surface area contributed by atoms with E-state index in [0.29, 0.717) is 11.1 Å². The highest BCUT2D eigenvalue weighted by molar-refractivity contribution is 9.10. The Balaban J connectivity index is 2.07. The van der Waals surface area contributed by atoms with Gasteiger partial charge in [-0.1, -0.05) is 0 Å². The zero-order valence-corrected chi connectivity index (χ0v) is 13.7. The first-order valence-corrected chi connectivity index (χ1v) is 8.83. The fraction of sp³-hybridized carbons (Fsp3) is 0.462. The van der Waals surface area contributed by atoms with Crippen molar-refractivity contribution in [2.45, 2.75) is 30.3 Å². The van der Waals surface area contributed by atoms with Crippen LogP contribution in [0.25, 0.3) is 0 Å². The lowest BCUT2D eigenvalue weighted by molar-refractivity contribution is -0.0300. The Morgan fingerprint density at radius 2 is 2.19 bits per heavy atom. The quantitative estimate of drug-likeness (QED) is 0.807. The van der Waals surface area contributed by atoms with Gasteiger partial charge in [-0.3, -0.25) is 0 Å². The fourth-order valence-electron chi connectivity index (χ4n) is 2.02. The molecule has 1 aromatic carbocycles. The molecule has 8 heteroatoms. The summed E-state index contributed by atoms with van der Waals surface area (Å²) in [7, 11) is -3.86. The molecule has 21 heavy (non-hydrogen) atoms. The van der Waals surface area contributed by atoms with Gasteiger partial charge in [-0.05, 0) is 53.4 Å². The molecule has 0 saturated carbocycles. The average Bonchev–Trinajstić information content (AvgIpc) is 2.45. The van der Waals surface area contributed by atoms with Crippen molar-refractivity contribution in [3.63, 3.8) is 0 Å². The van der Waals surface area contributed by atoms with Gasteiger partial charge in [-0.15, -0.1) is 0 Å². The molecule has 1 aliphatic heterocycles. The van der Waals surface area contributed by atoms with E-state index in [1.165, 1.54) is 18.2 Å². The first-order valence-electron chi connectivity index (χ1n) is 6.49. The predicted octanol–water partition coefficient (Wildman–Crippen LogP) is 1.82. The van der Waals surface area contributed by atoms with E-state index in [2.05, 4.69) is 15.9 Å². The number of halogens is 1. The van der Waals surface area contributed by atoms with Gasteiger partial charge in [0.15, 0.2) is 0 Å². The summed E-state index contributed by atoms with van der Waals surface area (Å²) in [5.74, 6) is -0.610. The Kier molecular flexibility index (Phi) is 5.37. The van der Waals surface area contributed by atoms with Crippen LogP contribution in [-0.2, 0) is 19.5 Å². The minimum Gasteiger partial charge on any atom is -0.459 e. The molecular formula is C13H16BrNO5S. The zero-order chi connectivity index (χ0) is 15.5. The fourth-order valence-corrected chi connectivity index (χ4v) is 2.97. The molecule has 0 radical (unpaired) electrons. The SMILES string of the molecule is NS(=O)(=O)c1ccc(Br)c(C(=O)OCC2CCCCO2)c1. The maximum absolute atomic E-state index is 12.0. The van der Waals surface area contributed by atoms with Gasteiger partial charge in [0.05, 0.1) is 16.6 Å². The summed E-state index contributed by atoms with van der Waals surface area (Å²) < 4.78 is 33.7. The molecule has 2 N–H and O–H groups in total. The highest BCUT2D eigenvalue weighted by Gasteiger charge is 2.20. The first kappa shape index (κ1) is 16.4. The topological polar surface area (TPSA) is 95.7 Å². The number of ether oxygens (including phenoxy) is 2. The molecule has 0 aliphatic carbocycles. The average molecular weight is 378 g/mol. The molecule has 1 fully saturated rings. The third kappa shape index (κ3) is 4.50. The van der Waals surface area contributed by atoms with Gasteiger partial charge in [0.2, 0.25) is 10.0 Å². The molecule has 1 saturated heterocycles. The molecule has 0 spiro atoms. The second-order valence-corrected chi connectivity index (χ2v) is 7.19. The summed E-state index contributed by atoms with van der Waals surface area (Å²) in [4.78, 5) is 11.9. The van der Waals surface area contributed by atoms with E-state index >= 15 is 0 Å². The normalized spacial score (nSPS) is 19.2. The molecule has 2 rings (SSSR count). The highest BCUT2D eigenvalue weighted by atomic mass is 79.9. The summed E-state index contributed by atoms with van der Waals surface area (Å²) in [5, 5.41) is 5.05. The van der Waals surface area contributed by atoms with Crippen LogP contribution in [0, 0.1) is 0 Å². The van der Waals surface area contributed by atoms with Gasteiger partial charge in [0.25, 0.3) is 0 Å². The van der Waals surface area contributed by atoms with Crippen LogP contribution in [0.4, 0.5) is 0 Å². The lowest BCUT2D eigenvalue weighted by atomic mass is 10.1. The molecule has 1 atom stereocenters. The number of carbonyl (C=O) groups excluding carboxylic acids is 1. The number of rotatable bonds is 4. The van der Waals surface area contributed by atoms with Crippen molar-refractivity contribution in [3.05, 3.63) is 28.2 Å². The van der Waals surface area contributed by atoms with Gasteiger partial charge in [-0.25, -0.2) is 18.4 Å². The number of hydrogen-bond donors (Lipinski definition) is 1. The molecule has 0 aromatic heterocycles. The molecule has 116 valence electrons. The Bertz CT molecular complexity index is 625. The minimum atomic E-state index is -3.86. The number of sulfonamides is 1. The predicted molar refractivity (Wildman–Crippen MR) is 79.4 cm³/mol. The molecule has 1 aromatic rings. The Hall–Kier alpha value is -0.960. The molecule has 0 amide bonds. The summed E-state index contributed by atoms with van der Waals surface area (Å²) in [6.45, 7) is 0.831. The Morgan fingerprint density at radius 3 is 2.81 bits per heavy atom. The van der Waals surface area contributed by atoms with Crippen molar-refractivity contribution in [2.24, 2.45) is 5.14 Å². The third-order valence-electron chi connectivity index (χ3n) is 3.16. The van der Waals surface area contributed by atoms with Crippen molar-refractivity contribution < 1.29 is 22.7 Å². The van der Waals surface area contributed by atoms with Gasteiger partial charge < -0.3 is 9.47 Å². The lowest BCUT2D eigenvalue weighted by Crippen LogP contribution is -2.26. The lowest BCUT2D eigenvalue weighted by Gasteiger charge is -2.22. The first-order chi connectivity index (χ1) is 9.88. The van der Waals surface area contributed by atoms with Crippen molar-refractivity contribution >= 4 is 31.9 Å². The Labute approximate surface area is 131 Å². The monoisotopic (exact) mass is 377 g/mol. The van der Waals surface area contributed by atoms with Gasteiger partial charge >= 0.3 is 5.97 Å². The maximum Gasteiger partial charge on any atom is 0.339 e. The smallest absolute Gasteiger partial charge is 0.339 e. The van der Waals surface area contributed by atoms with E-state index in [9.17, 15) is 13.2 Å². The summed E-state index contributed by atoms with van der Waals surface area (Å²) in [6, 6.07) is 3.97. The molecule has 1 unspecified atom stereocenters.